The molecule has 0 saturated carbocycles. The molecule has 0 aliphatic carbocycles. The molecular weight excluding hydrogens is 438 g/mol. The summed E-state index contributed by atoms with van der Waals surface area (Å²) in [5.74, 6) is 1.07. The summed E-state index contributed by atoms with van der Waals surface area (Å²) >= 11 is 12.2. The Hall–Kier alpha value is -2.60. The number of carbonyl (C=O) groups is 1. The molecule has 7 heteroatoms. The highest BCUT2D eigenvalue weighted by Crippen LogP contribution is 2.27. The normalized spacial score (nSPS) is 18.0. The van der Waals surface area contributed by atoms with Gasteiger partial charge in [-0.05, 0) is 91.5 Å². The van der Waals surface area contributed by atoms with Gasteiger partial charge in [0.15, 0.2) is 0 Å². The van der Waals surface area contributed by atoms with Crippen LogP contribution in [0.2, 0.25) is 10.0 Å². The molecule has 0 spiro atoms. The van der Waals surface area contributed by atoms with Crippen molar-refractivity contribution in [3.8, 4) is 11.5 Å². The average Bonchev–Trinajstić information content (AvgIpc) is 3.22. The van der Waals surface area contributed by atoms with Gasteiger partial charge < -0.3 is 15.4 Å². The molecule has 1 aliphatic heterocycles. The quantitative estimate of drug-likeness (QED) is 0.470. The molecule has 1 heterocycles. The second-order valence-electron chi connectivity index (χ2n) is 7.57. The molecule has 2 atom stereocenters. The summed E-state index contributed by atoms with van der Waals surface area (Å²) < 4.78 is 18.7. The van der Waals surface area contributed by atoms with Gasteiger partial charge in [-0.1, -0.05) is 29.3 Å². The van der Waals surface area contributed by atoms with Crippen LogP contribution >= 0.6 is 23.2 Å². The number of anilines is 1. The van der Waals surface area contributed by atoms with E-state index in [1.807, 2.05) is 12.1 Å². The number of carbonyl (C=O) groups excluding carboxylic acids is 1. The lowest BCUT2D eigenvalue weighted by molar-refractivity contribution is -0.117. The van der Waals surface area contributed by atoms with Crippen LogP contribution < -0.4 is 15.4 Å². The van der Waals surface area contributed by atoms with Crippen LogP contribution in [0.3, 0.4) is 0 Å². The minimum absolute atomic E-state index is 0.0723. The number of rotatable bonds is 6. The highest BCUT2D eigenvalue weighted by molar-refractivity contribution is 6.35. The molecule has 4 nitrogen and oxygen atoms in total. The zero-order chi connectivity index (χ0) is 21.8. The topological polar surface area (TPSA) is 50.4 Å². The Morgan fingerprint density at radius 1 is 1.03 bits per heavy atom. The minimum Gasteiger partial charge on any atom is -0.457 e. The van der Waals surface area contributed by atoms with Gasteiger partial charge in [-0.3, -0.25) is 4.79 Å². The molecule has 0 bridgehead atoms. The summed E-state index contributed by atoms with van der Waals surface area (Å²) in [5, 5.41) is 7.50. The van der Waals surface area contributed by atoms with E-state index in [9.17, 15) is 9.18 Å². The largest absolute Gasteiger partial charge is 0.457 e. The van der Waals surface area contributed by atoms with E-state index in [0.29, 0.717) is 33.1 Å². The smallest absolute Gasteiger partial charge is 0.241 e. The van der Waals surface area contributed by atoms with Gasteiger partial charge in [0.2, 0.25) is 5.91 Å². The molecule has 160 valence electrons. The molecule has 0 radical (unpaired) electrons. The van der Waals surface area contributed by atoms with Gasteiger partial charge in [0.05, 0.1) is 6.04 Å². The van der Waals surface area contributed by atoms with E-state index in [4.69, 9.17) is 27.9 Å². The van der Waals surface area contributed by atoms with Crippen LogP contribution in [0.1, 0.15) is 12.0 Å². The first-order chi connectivity index (χ1) is 15.0. The molecule has 0 unspecified atom stereocenters. The van der Waals surface area contributed by atoms with Gasteiger partial charge in [0.1, 0.15) is 17.3 Å². The molecule has 1 amide bonds. The van der Waals surface area contributed by atoms with E-state index >= 15 is 0 Å². The number of nitrogens with one attached hydrogen (secondary N) is 2. The fraction of sp³-hybridized carbons (Fsp3) is 0.208. The van der Waals surface area contributed by atoms with E-state index in [2.05, 4.69) is 10.6 Å². The van der Waals surface area contributed by atoms with Crippen LogP contribution in [0.25, 0.3) is 0 Å². The Balaban J connectivity index is 1.29. The molecule has 1 aliphatic rings. The third-order valence-corrected chi connectivity index (χ3v) is 5.82. The first-order valence-corrected chi connectivity index (χ1v) is 10.7. The molecular formula is C24H21Cl2FN2O2. The Labute approximate surface area is 190 Å². The summed E-state index contributed by atoms with van der Waals surface area (Å²) in [5.41, 5.74) is 1.72. The van der Waals surface area contributed by atoms with Crippen molar-refractivity contribution >= 4 is 34.8 Å². The molecule has 0 aromatic heterocycles. The van der Waals surface area contributed by atoms with E-state index in [-0.39, 0.29) is 17.8 Å². The standard InChI is InChI=1S/C24H21Cl2FN2O2/c25-17-2-1-16(22(26)13-17)11-15-12-23(28-14-15)24(30)29-19-5-9-21(10-6-19)31-20-7-3-18(27)4-8-20/h1-10,13,15,23,28H,11-12,14H2,(H,29,30)/t15-,23+/m1/s1. The van der Waals surface area contributed by atoms with Crippen molar-refractivity contribution in [2.45, 2.75) is 18.9 Å². The Morgan fingerprint density at radius 3 is 2.39 bits per heavy atom. The van der Waals surface area contributed by atoms with Crippen molar-refractivity contribution < 1.29 is 13.9 Å². The minimum atomic E-state index is -0.315. The maximum Gasteiger partial charge on any atom is 0.241 e. The van der Waals surface area contributed by atoms with Gasteiger partial charge in [0.25, 0.3) is 0 Å². The van der Waals surface area contributed by atoms with Crippen molar-refractivity contribution in [2.24, 2.45) is 5.92 Å². The monoisotopic (exact) mass is 458 g/mol. The van der Waals surface area contributed by atoms with E-state index < -0.39 is 0 Å². The lowest BCUT2D eigenvalue weighted by Crippen LogP contribution is -2.35. The lowest BCUT2D eigenvalue weighted by atomic mass is 9.96. The Kier molecular flexibility index (Phi) is 6.76. The summed E-state index contributed by atoms with van der Waals surface area (Å²) in [6.45, 7) is 0.751. The number of benzene rings is 3. The summed E-state index contributed by atoms with van der Waals surface area (Å²) in [6.07, 6.45) is 1.53. The average molecular weight is 459 g/mol. The van der Waals surface area contributed by atoms with E-state index in [0.717, 1.165) is 24.9 Å². The maximum atomic E-state index is 13.0. The van der Waals surface area contributed by atoms with Crippen LogP contribution in [-0.4, -0.2) is 18.5 Å². The third kappa shape index (κ3) is 5.76. The predicted molar refractivity (Wildman–Crippen MR) is 122 cm³/mol. The number of hydrogen-bond acceptors (Lipinski definition) is 3. The van der Waals surface area contributed by atoms with Gasteiger partial charge in [-0.2, -0.15) is 0 Å². The van der Waals surface area contributed by atoms with Gasteiger partial charge >= 0.3 is 0 Å². The molecule has 2 N–H and O–H groups in total. The number of ether oxygens (including phenoxy) is 1. The highest BCUT2D eigenvalue weighted by atomic mass is 35.5. The molecule has 1 saturated heterocycles. The van der Waals surface area contributed by atoms with Crippen LogP contribution in [0.5, 0.6) is 11.5 Å². The van der Waals surface area contributed by atoms with Crippen molar-refractivity contribution in [3.05, 3.63) is 88.2 Å². The summed E-state index contributed by atoms with van der Waals surface area (Å²) in [6, 6.07) is 18.1. The van der Waals surface area contributed by atoms with Crippen LogP contribution in [0.4, 0.5) is 10.1 Å². The number of hydrogen-bond donors (Lipinski definition) is 2. The number of halogens is 3. The van der Waals surface area contributed by atoms with Gasteiger partial charge in [-0.15, -0.1) is 0 Å². The van der Waals surface area contributed by atoms with Gasteiger partial charge in [0, 0.05) is 15.7 Å². The molecule has 3 aromatic carbocycles. The summed E-state index contributed by atoms with van der Waals surface area (Å²) in [4.78, 5) is 12.6. The highest BCUT2D eigenvalue weighted by Gasteiger charge is 2.29. The zero-order valence-electron chi connectivity index (χ0n) is 16.6. The first-order valence-electron chi connectivity index (χ1n) is 9.98. The van der Waals surface area contributed by atoms with Crippen LogP contribution in [0, 0.1) is 11.7 Å². The first kappa shape index (κ1) is 21.6. The van der Waals surface area contributed by atoms with E-state index in [1.165, 1.54) is 12.1 Å². The van der Waals surface area contributed by atoms with E-state index in [1.54, 1.807) is 42.5 Å². The fourth-order valence-electron chi connectivity index (χ4n) is 3.64. The van der Waals surface area contributed by atoms with Crippen molar-refractivity contribution in [3.63, 3.8) is 0 Å². The lowest BCUT2D eigenvalue weighted by Gasteiger charge is -2.13. The Morgan fingerprint density at radius 2 is 1.71 bits per heavy atom. The number of amides is 1. The summed E-state index contributed by atoms with van der Waals surface area (Å²) in [7, 11) is 0. The van der Waals surface area contributed by atoms with Crippen LogP contribution in [-0.2, 0) is 11.2 Å². The van der Waals surface area contributed by atoms with Gasteiger partial charge in [-0.25, -0.2) is 4.39 Å². The molecule has 31 heavy (non-hydrogen) atoms. The molecule has 3 aromatic rings. The molecule has 4 rings (SSSR count). The predicted octanol–water partition coefficient (Wildman–Crippen LogP) is 6.08. The second kappa shape index (κ2) is 9.69. The fourth-order valence-corrected chi connectivity index (χ4v) is 4.12. The van der Waals surface area contributed by atoms with Crippen molar-refractivity contribution in [1.29, 1.82) is 0 Å². The molecule has 1 fully saturated rings. The maximum absolute atomic E-state index is 13.0. The second-order valence-corrected chi connectivity index (χ2v) is 8.42. The third-order valence-electron chi connectivity index (χ3n) is 5.23. The zero-order valence-corrected chi connectivity index (χ0v) is 18.1. The SMILES string of the molecule is O=C(Nc1ccc(Oc2ccc(F)cc2)cc1)[C@@H]1C[C@@H](Cc2ccc(Cl)cc2Cl)CN1. The van der Waals surface area contributed by atoms with Crippen molar-refractivity contribution in [1.82, 2.24) is 5.32 Å². The Bertz CT molecular complexity index is 1060. The van der Waals surface area contributed by atoms with Crippen molar-refractivity contribution in [2.75, 3.05) is 11.9 Å². The van der Waals surface area contributed by atoms with Crippen LogP contribution in [0.15, 0.2) is 66.7 Å².